The summed E-state index contributed by atoms with van der Waals surface area (Å²) in [7, 11) is 1.49. The minimum absolute atomic E-state index is 0.000514. The summed E-state index contributed by atoms with van der Waals surface area (Å²) < 4.78 is 70.7. The van der Waals surface area contributed by atoms with Gasteiger partial charge in [-0.2, -0.15) is 0 Å². The number of benzene rings is 2. The molecule has 1 saturated carbocycles. The molecule has 4 aromatic heterocycles. The second-order valence-electron chi connectivity index (χ2n) is 15.4. The molecule has 0 spiro atoms. The topological polar surface area (TPSA) is 204 Å². The number of ether oxygens (including phenoxy) is 2. The second kappa shape index (κ2) is 18.8. The summed E-state index contributed by atoms with van der Waals surface area (Å²) in [5, 5.41) is 2.71. The molecule has 2 atom stereocenters. The number of halogens is 2. The molecule has 0 bridgehead atoms. The number of nitrogens with one attached hydrogen (secondary N) is 1. The highest BCUT2D eigenvalue weighted by Crippen LogP contribution is 2.33. The van der Waals surface area contributed by atoms with Crippen LogP contribution in [-0.4, -0.2) is 75.1 Å². The number of aryl methyl sites for hydroxylation is 1. The second-order valence-corrected chi connectivity index (χ2v) is 16.2. The molecule has 1 aliphatic heterocycles. The van der Waals surface area contributed by atoms with E-state index in [1.165, 1.54) is 60.5 Å². The predicted octanol–water partition coefficient (Wildman–Crippen LogP) is 5.26. The summed E-state index contributed by atoms with van der Waals surface area (Å²) in [6.07, 6.45) is 12.4. The van der Waals surface area contributed by atoms with Crippen LogP contribution < -0.4 is 20.9 Å². The zero-order valence-electron chi connectivity index (χ0n) is 33.9. The molecule has 1 N–H and O–H groups in total. The van der Waals surface area contributed by atoms with E-state index in [4.69, 9.17) is 9.47 Å². The fraction of sp³-hybridized carbons (Fsp3) is 0.318. The lowest BCUT2D eigenvalue weighted by Gasteiger charge is -2.27. The van der Waals surface area contributed by atoms with Crippen molar-refractivity contribution in [3.8, 4) is 16.9 Å². The number of rotatable bonds is 12. The number of esters is 1. The lowest BCUT2D eigenvalue weighted by molar-refractivity contribution is -0.152. The van der Waals surface area contributed by atoms with Crippen molar-refractivity contribution < 1.29 is 36.6 Å². The minimum atomic E-state index is -3.13. The molecule has 326 valence electrons. The van der Waals surface area contributed by atoms with Gasteiger partial charge in [0, 0.05) is 69.0 Å². The third kappa shape index (κ3) is 9.30. The Hall–Kier alpha value is -6.57. The molecule has 6 aromatic rings. The molecule has 2 fully saturated rings. The van der Waals surface area contributed by atoms with Crippen molar-refractivity contribution in [2.45, 2.75) is 69.4 Å². The van der Waals surface area contributed by atoms with Crippen LogP contribution in [0.1, 0.15) is 72.6 Å². The lowest BCUT2D eigenvalue weighted by atomic mass is 9.97. The summed E-state index contributed by atoms with van der Waals surface area (Å²) in [4.78, 5) is 71.1. The first-order chi connectivity index (χ1) is 30.5. The van der Waals surface area contributed by atoms with Crippen LogP contribution >= 0.6 is 0 Å². The van der Waals surface area contributed by atoms with Gasteiger partial charge in [0.25, 0.3) is 11.5 Å². The van der Waals surface area contributed by atoms with Gasteiger partial charge in [-0.3, -0.25) is 27.7 Å². The summed E-state index contributed by atoms with van der Waals surface area (Å²) in [5.41, 5.74) is -0.748. The number of pyridine rings is 2. The van der Waals surface area contributed by atoms with Gasteiger partial charge in [-0.15, -0.1) is 0 Å². The number of aromatic nitrogens is 6. The van der Waals surface area contributed by atoms with Crippen LogP contribution in [0.3, 0.4) is 0 Å². The smallest absolute Gasteiger partial charge is 0.337 e. The zero-order chi connectivity index (χ0) is 44.2. The summed E-state index contributed by atoms with van der Waals surface area (Å²) >= 11 is -3.13. The standard InChI is InChI=1S/C44H42F2N8O8S/c1-52-38-25-47-16-13-32(38)42(56)53(44(52)58)39-12-7-26(22-48-39)19-36(43(57)62-31-5-3-2-4-6-31)51-41(55)33-20-35(46)37(21-34(33)45)54(63(59)60)30-10-8-27(9-11-30)29-23-49-40(50-24-29)28-14-17-61-18-15-28/h7-13,16,20-25,28,31,36H,2-6,14-15,17-19H2,1H3,(H,51,55)(H,59,60)/p-1/t36-/m0/s1. The molecule has 16 nitrogen and oxygen atoms in total. The number of hydrogen-bond acceptors (Lipinski definition) is 12. The lowest BCUT2D eigenvalue weighted by Crippen LogP contribution is -2.45. The normalized spacial score (nSPS) is 15.7. The average Bonchev–Trinajstić information content (AvgIpc) is 3.30. The predicted molar refractivity (Wildman–Crippen MR) is 226 cm³/mol. The third-order valence-corrected chi connectivity index (χ3v) is 12.0. The van der Waals surface area contributed by atoms with Gasteiger partial charge in [-0.1, -0.05) is 24.6 Å². The van der Waals surface area contributed by atoms with Gasteiger partial charge >= 0.3 is 11.7 Å². The van der Waals surface area contributed by atoms with Gasteiger partial charge in [-0.25, -0.2) is 37.9 Å². The molecule has 1 saturated heterocycles. The van der Waals surface area contributed by atoms with E-state index in [2.05, 4.69) is 25.3 Å². The number of amides is 1. The van der Waals surface area contributed by atoms with Crippen molar-refractivity contribution in [3.63, 3.8) is 0 Å². The van der Waals surface area contributed by atoms with E-state index >= 15 is 8.78 Å². The largest absolute Gasteiger partial charge is 0.755 e. The molecular formula is C44H41F2N8O8S-. The molecule has 2 aromatic carbocycles. The van der Waals surface area contributed by atoms with Gasteiger partial charge in [0.2, 0.25) is 0 Å². The van der Waals surface area contributed by atoms with Crippen LogP contribution in [0, 0.1) is 11.6 Å². The maximum atomic E-state index is 15.9. The molecule has 1 unspecified atom stereocenters. The number of fused-ring (bicyclic) bond motifs is 1. The van der Waals surface area contributed by atoms with Crippen molar-refractivity contribution in [1.82, 2.24) is 34.4 Å². The number of nitrogens with zero attached hydrogens (tertiary/aromatic N) is 7. The Morgan fingerprint density at radius 3 is 2.33 bits per heavy atom. The van der Waals surface area contributed by atoms with E-state index in [9.17, 15) is 27.9 Å². The van der Waals surface area contributed by atoms with Gasteiger partial charge < -0.3 is 19.3 Å². The minimum Gasteiger partial charge on any atom is -0.755 e. The highest BCUT2D eigenvalue weighted by atomic mass is 32.2. The molecule has 5 heterocycles. The van der Waals surface area contributed by atoms with Crippen molar-refractivity contribution in [2.24, 2.45) is 7.05 Å². The van der Waals surface area contributed by atoms with E-state index in [-0.39, 0.29) is 29.2 Å². The Balaban J connectivity index is 1.02. The van der Waals surface area contributed by atoms with Crippen molar-refractivity contribution in [1.29, 1.82) is 0 Å². The highest BCUT2D eigenvalue weighted by molar-refractivity contribution is 7.81. The molecule has 1 aliphatic carbocycles. The van der Waals surface area contributed by atoms with Gasteiger partial charge in [-0.05, 0) is 80.0 Å². The molecule has 1 amide bonds. The number of anilines is 2. The Bertz CT molecular complexity index is 2790. The Morgan fingerprint density at radius 2 is 1.65 bits per heavy atom. The quantitative estimate of drug-likeness (QED) is 0.124. The highest BCUT2D eigenvalue weighted by Gasteiger charge is 2.30. The van der Waals surface area contributed by atoms with Gasteiger partial charge in [0.15, 0.2) is 0 Å². The molecule has 0 radical (unpaired) electrons. The van der Waals surface area contributed by atoms with Crippen molar-refractivity contribution in [2.75, 3.05) is 17.5 Å². The van der Waals surface area contributed by atoms with E-state index < -0.39 is 69.4 Å². The monoisotopic (exact) mass is 879 g/mol. The molecule has 8 rings (SSSR count). The molecular weight excluding hydrogens is 839 g/mol. The summed E-state index contributed by atoms with van der Waals surface area (Å²) in [6.45, 7) is 1.29. The van der Waals surface area contributed by atoms with Crippen LogP contribution in [0.15, 0.2) is 95.2 Å². The maximum absolute atomic E-state index is 15.9. The Kier molecular flexibility index (Phi) is 12.9. The van der Waals surface area contributed by atoms with E-state index in [0.29, 0.717) is 70.5 Å². The molecule has 63 heavy (non-hydrogen) atoms. The van der Waals surface area contributed by atoms with Gasteiger partial charge in [0.1, 0.15) is 35.4 Å². The fourth-order valence-electron chi connectivity index (χ4n) is 7.88. The Morgan fingerprint density at radius 1 is 0.921 bits per heavy atom. The maximum Gasteiger partial charge on any atom is 0.337 e. The Labute approximate surface area is 361 Å². The van der Waals surface area contributed by atoms with E-state index in [1.807, 2.05) is 0 Å². The SMILES string of the molecule is Cn1c(=O)n(-c2ccc(C[C@H](NC(=O)c3cc(F)c(N(c4ccc(-c5cnc(C6CCOCC6)nc5)cc4)S(=O)[O-])cc3F)C(=O)OC3CCCCC3)cn2)c(=O)c2ccncc21. The van der Waals surface area contributed by atoms with Crippen LogP contribution in [0.2, 0.25) is 0 Å². The molecule has 19 heteroatoms. The van der Waals surface area contributed by atoms with Crippen LogP contribution in [0.5, 0.6) is 0 Å². The number of hydrogen-bond donors (Lipinski definition) is 1. The third-order valence-electron chi connectivity index (χ3n) is 11.3. The van der Waals surface area contributed by atoms with E-state index in [1.54, 1.807) is 24.5 Å². The van der Waals surface area contributed by atoms with Crippen molar-refractivity contribution >= 4 is 45.4 Å². The first-order valence-corrected chi connectivity index (χ1v) is 21.4. The number of carbonyl (C=O) groups excluding carboxylic acids is 2. The fourth-order valence-corrected chi connectivity index (χ4v) is 8.47. The summed E-state index contributed by atoms with van der Waals surface area (Å²) in [6, 6.07) is 10.1. The molecule has 2 aliphatic rings. The average molecular weight is 880 g/mol. The van der Waals surface area contributed by atoms with Crippen LogP contribution in [0.25, 0.3) is 27.8 Å². The van der Waals surface area contributed by atoms with Crippen LogP contribution in [-0.2, 0) is 39.0 Å². The summed E-state index contributed by atoms with van der Waals surface area (Å²) in [5.74, 6) is -3.57. The first-order valence-electron chi connectivity index (χ1n) is 20.4. The zero-order valence-corrected chi connectivity index (χ0v) is 34.8. The van der Waals surface area contributed by atoms with Crippen molar-refractivity contribution in [3.05, 3.63) is 135 Å². The van der Waals surface area contributed by atoms with Crippen LogP contribution in [0.4, 0.5) is 20.2 Å². The van der Waals surface area contributed by atoms with Gasteiger partial charge in [0.05, 0.1) is 45.3 Å². The first kappa shape index (κ1) is 43.1. The number of carbonyl (C=O) groups is 2. The van der Waals surface area contributed by atoms with E-state index in [0.717, 1.165) is 36.7 Å².